The van der Waals surface area contributed by atoms with Crippen LogP contribution in [0, 0.1) is 0 Å². The highest BCUT2D eigenvalue weighted by Gasteiger charge is 2.30. The molecule has 0 spiro atoms. The first-order valence-corrected chi connectivity index (χ1v) is 7.48. The van der Waals surface area contributed by atoms with E-state index >= 15 is 0 Å². The fourth-order valence-electron chi connectivity index (χ4n) is 2.06. The van der Waals surface area contributed by atoms with Gasteiger partial charge in [-0.2, -0.15) is 0 Å². The lowest BCUT2D eigenvalue weighted by molar-refractivity contribution is 0.102. The number of allylic oxidation sites excluding steroid dienone is 4. The lowest BCUT2D eigenvalue weighted by atomic mass is 10.3. The maximum absolute atomic E-state index is 11.0. The van der Waals surface area contributed by atoms with E-state index < -0.39 is 20.1 Å². The van der Waals surface area contributed by atoms with Gasteiger partial charge in [0.05, 0.1) is 0 Å². The zero-order valence-electron chi connectivity index (χ0n) is 9.82. The van der Waals surface area contributed by atoms with Crippen LogP contribution in [-0.2, 0) is 0 Å². The summed E-state index contributed by atoms with van der Waals surface area (Å²) in [4.78, 5) is 24.4. The first-order chi connectivity index (χ1) is 8.56. The van der Waals surface area contributed by atoms with Crippen LogP contribution >= 0.6 is 7.92 Å². The molecule has 2 rings (SSSR count). The van der Waals surface area contributed by atoms with Gasteiger partial charge in [-0.3, -0.25) is 9.80 Å². The fourth-order valence-corrected chi connectivity index (χ4v) is 4.55. The van der Waals surface area contributed by atoms with Crippen LogP contribution in [0.15, 0.2) is 23.8 Å². The molecule has 0 radical (unpaired) electrons. The minimum atomic E-state index is -1.05. The van der Waals surface area contributed by atoms with Crippen LogP contribution < -0.4 is 0 Å². The van der Waals surface area contributed by atoms with Crippen LogP contribution in [0.5, 0.6) is 0 Å². The minimum absolute atomic E-state index is 0.0409. The summed E-state index contributed by atoms with van der Waals surface area (Å²) in [5.41, 5.74) is 1.26. The van der Waals surface area contributed by atoms with Crippen LogP contribution in [0.25, 0.3) is 0 Å². The zero-order chi connectivity index (χ0) is 13.1. The molecule has 6 nitrogen and oxygen atoms in total. The molecule has 7 heteroatoms. The van der Waals surface area contributed by atoms with Crippen molar-refractivity contribution in [2.24, 2.45) is 0 Å². The summed E-state index contributed by atoms with van der Waals surface area (Å²) in [6.07, 6.45) is 6.62. The third-order valence-corrected chi connectivity index (χ3v) is 5.23. The Morgan fingerprint density at radius 2 is 1.83 bits per heavy atom. The molecule has 0 aromatic heterocycles. The van der Waals surface area contributed by atoms with Gasteiger partial charge in [-0.05, 0) is 12.6 Å². The highest BCUT2D eigenvalue weighted by molar-refractivity contribution is 7.57. The Bertz CT molecular complexity index is 399. The summed E-state index contributed by atoms with van der Waals surface area (Å²) in [7, 11) is -0.644. The van der Waals surface area contributed by atoms with Crippen LogP contribution in [0.4, 0.5) is 9.59 Å². The average molecular weight is 270 g/mol. The normalized spacial score (nSPS) is 20.1. The highest BCUT2D eigenvalue weighted by atomic mass is 31.1. The predicted molar refractivity (Wildman–Crippen MR) is 68.0 cm³/mol. The van der Waals surface area contributed by atoms with E-state index in [9.17, 15) is 9.59 Å². The van der Waals surface area contributed by atoms with Crippen molar-refractivity contribution < 1.29 is 19.8 Å². The minimum Gasteiger partial charge on any atom is -0.465 e. The Balaban J connectivity index is 2.00. The number of amides is 2. The molecule has 0 aromatic rings. The molecule has 18 heavy (non-hydrogen) atoms. The number of hydrogen-bond acceptors (Lipinski definition) is 2. The van der Waals surface area contributed by atoms with Gasteiger partial charge in [-0.15, -0.1) is 0 Å². The van der Waals surface area contributed by atoms with Crippen molar-refractivity contribution in [3.05, 3.63) is 23.8 Å². The Labute approximate surface area is 106 Å². The fraction of sp³-hybridized carbons (Fsp3) is 0.455. The standard InChI is InChI=1S/C11H15N2O4P/c14-10(15)12-6-13(11(16)17)8-18(7-12)5-9-3-1-2-4-9/h1-3H,4-8H2,(H,14,15)(H,16,17). The molecule has 0 bridgehead atoms. The molecule has 0 unspecified atom stereocenters. The molecule has 1 aliphatic carbocycles. The van der Waals surface area contributed by atoms with Gasteiger partial charge in [0.25, 0.3) is 0 Å². The zero-order valence-corrected chi connectivity index (χ0v) is 10.7. The second-order valence-corrected chi connectivity index (χ2v) is 6.58. The smallest absolute Gasteiger partial charge is 0.409 e. The van der Waals surface area contributed by atoms with Crippen molar-refractivity contribution in [2.75, 3.05) is 25.4 Å². The Morgan fingerprint density at radius 1 is 1.22 bits per heavy atom. The second-order valence-electron chi connectivity index (χ2n) is 4.36. The number of nitrogens with zero attached hydrogens (tertiary/aromatic N) is 2. The first kappa shape index (κ1) is 12.9. The largest absolute Gasteiger partial charge is 0.465 e. The first-order valence-electron chi connectivity index (χ1n) is 5.59. The third-order valence-electron chi connectivity index (χ3n) is 2.90. The van der Waals surface area contributed by atoms with E-state index in [-0.39, 0.29) is 6.67 Å². The molecule has 1 saturated heterocycles. The SMILES string of the molecule is O=C(O)N1CN(C(=O)O)CP(CC2=CC=CC2)C1. The molecule has 98 valence electrons. The van der Waals surface area contributed by atoms with Crippen LogP contribution in [0.1, 0.15) is 6.42 Å². The summed E-state index contributed by atoms with van der Waals surface area (Å²) < 4.78 is 0. The Hall–Kier alpha value is -1.55. The van der Waals surface area contributed by atoms with E-state index in [2.05, 4.69) is 6.08 Å². The van der Waals surface area contributed by atoms with Crippen LogP contribution in [0.2, 0.25) is 0 Å². The van der Waals surface area contributed by atoms with Gasteiger partial charge in [0.1, 0.15) is 6.67 Å². The second kappa shape index (κ2) is 5.40. The van der Waals surface area contributed by atoms with E-state index in [0.29, 0.717) is 12.6 Å². The van der Waals surface area contributed by atoms with Gasteiger partial charge in [-0.25, -0.2) is 9.59 Å². The van der Waals surface area contributed by atoms with Crippen molar-refractivity contribution in [3.8, 4) is 0 Å². The van der Waals surface area contributed by atoms with E-state index in [4.69, 9.17) is 10.2 Å². The van der Waals surface area contributed by atoms with E-state index in [0.717, 1.165) is 12.6 Å². The van der Waals surface area contributed by atoms with Crippen molar-refractivity contribution >= 4 is 20.1 Å². The summed E-state index contributed by atoms with van der Waals surface area (Å²) in [5.74, 6) is 0. The molecule has 0 aromatic carbocycles. The third kappa shape index (κ3) is 3.01. The number of hydrogen-bond donors (Lipinski definition) is 2. The van der Waals surface area contributed by atoms with Crippen molar-refractivity contribution in [1.82, 2.24) is 9.80 Å². The molecular weight excluding hydrogens is 255 g/mol. The maximum atomic E-state index is 11.0. The molecule has 0 saturated carbocycles. The average Bonchev–Trinajstić information content (AvgIpc) is 2.81. The summed E-state index contributed by atoms with van der Waals surface area (Å²) in [5, 5.41) is 18.0. The van der Waals surface area contributed by atoms with Crippen molar-refractivity contribution in [1.29, 1.82) is 0 Å². The highest BCUT2D eigenvalue weighted by Crippen LogP contribution is 2.43. The van der Waals surface area contributed by atoms with Gasteiger partial charge < -0.3 is 10.2 Å². The molecule has 2 amide bonds. The van der Waals surface area contributed by atoms with E-state index in [1.54, 1.807) is 0 Å². The number of carbonyl (C=O) groups is 2. The lowest BCUT2D eigenvalue weighted by Crippen LogP contribution is -2.48. The van der Waals surface area contributed by atoms with Gasteiger partial charge in [-0.1, -0.05) is 31.7 Å². The quantitative estimate of drug-likeness (QED) is 0.754. The maximum Gasteiger partial charge on any atom is 0.409 e. The molecule has 2 aliphatic rings. The van der Waals surface area contributed by atoms with Gasteiger partial charge in [0, 0.05) is 12.6 Å². The monoisotopic (exact) mass is 270 g/mol. The summed E-state index contributed by atoms with van der Waals surface area (Å²) in [6, 6.07) is 0. The van der Waals surface area contributed by atoms with Crippen LogP contribution in [-0.4, -0.2) is 57.6 Å². The Kier molecular flexibility index (Phi) is 3.87. The van der Waals surface area contributed by atoms with Crippen LogP contribution in [0.3, 0.4) is 0 Å². The topological polar surface area (TPSA) is 81.1 Å². The predicted octanol–water partition coefficient (Wildman–Crippen LogP) is 2.20. The molecular formula is C11H15N2O4P. The number of carboxylic acid groups (broad SMARTS) is 2. The molecule has 2 N–H and O–H groups in total. The lowest BCUT2D eigenvalue weighted by Gasteiger charge is -2.37. The van der Waals surface area contributed by atoms with Gasteiger partial charge >= 0.3 is 12.2 Å². The van der Waals surface area contributed by atoms with Gasteiger partial charge in [0.2, 0.25) is 0 Å². The molecule has 1 fully saturated rings. The molecule has 1 aliphatic heterocycles. The van der Waals surface area contributed by atoms with E-state index in [1.165, 1.54) is 15.4 Å². The molecule has 1 heterocycles. The molecule has 0 atom stereocenters. The van der Waals surface area contributed by atoms with Crippen molar-refractivity contribution in [2.45, 2.75) is 6.42 Å². The van der Waals surface area contributed by atoms with Crippen molar-refractivity contribution in [3.63, 3.8) is 0 Å². The van der Waals surface area contributed by atoms with E-state index in [1.807, 2.05) is 12.2 Å². The van der Waals surface area contributed by atoms with Gasteiger partial charge in [0.15, 0.2) is 0 Å². The summed E-state index contributed by atoms with van der Waals surface area (Å²) >= 11 is 0. The Morgan fingerprint density at radius 3 is 2.28 bits per heavy atom. The summed E-state index contributed by atoms with van der Waals surface area (Å²) in [6.45, 7) is -0.0409. The number of rotatable bonds is 2.